The molecule has 0 spiro atoms. The summed E-state index contributed by atoms with van der Waals surface area (Å²) in [5.41, 5.74) is 0. The van der Waals surface area contributed by atoms with Crippen LogP contribution in [-0.4, -0.2) is 25.7 Å². The van der Waals surface area contributed by atoms with Crippen LogP contribution in [0.2, 0.25) is 0 Å². The molecule has 0 bridgehead atoms. The Balaban J connectivity index is 2.39. The Morgan fingerprint density at radius 2 is 1.89 bits per heavy atom. The molecule has 3 nitrogen and oxygen atoms in total. The summed E-state index contributed by atoms with van der Waals surface area (Å²) in [4.78, 5) is 12.0. The largest absolute Gasteiger partial charge is 0.299 e. The summed E-state index contributed by atoms with van der Waals surface area (Å²) in [7, 11) is -2.97. The first kappa shape index (κ1) is 15.7. The van der Waals surface area contributed by atoms with Gasteiger partial charge in [-0.3, -0.25) is 4.79 Å². The molecule has 18 heavy (non-hydrogen) atoms. The SMILES string of the molecule is CCCCCCC(=O)C1CCCC(S(C)(=O)=O)C1. The molecule has 0 aromatic heterocycles. The van der Waals surface area contributed by atoms with E-state index in [2.05, 4.69) is 6.92 Å². The molecule has 0 heterocycles. The van der Waals surface area contributed by atoms with Crippen molar-refractivity contribution in [3.05, 3.63) is 0 Å². The average Bonchev–Trinajstić information content (AvgIpc) is 2.33. The van der Waals surface area contributed by atoms with Crippen LogP contribution in [0.4, 0.5) is 0 Å². The monoisotopic (exact) mass is 274 g/mol. The minimum Gasteiger partial charge on any atom is -0.299 e. The van der Waals surface area contributed by atoms with Crippen molar-refractivity contribution in [3.8, 4) is 0 Å². The molecule has 0 amide bonds. The Morgan fingerprint density at radius 3 is 2.50 bits per heavy atom. The standard InChI is InChI=1S/C14H26O3S/c1-3-4-5-6-10-14(15)12-8-7-9-13(11-12)18(2,16)17/h12-13H,3-11H2,1-2H3. The number of unbranched alkanes of at least 4 members (excludes halogenated alkanes) is 3. The Bertz CT molecular complexity index is 359. The maximum absolute atomic E-state index is 12.0. The quantitative estimate of drug-likeness (QED) is 0.670. The van der Waals surface area contributed by atoms with Gasteiger partial charge in [0.1, 0.15) is 15.6 Å². The van der Waals surface area contributed by atoms with E-state index in [1.165, 1.54) is 19.1 Å². The molecule has 0 aromatic carbocycles. The minimum absolute atomic E-state index is 0.0000940. The molecule has 4 heteroatoms. The van der Waals surface area contributed by atoms with E-state index in [1.54, 1.807) is 0 Å². The van der Waals surface area contributed by atoms with Gasteiger partial charge in [-0.1, -0.05) is 32.6 Å². The molecule has 2 atom stereocenters. The van der Waals surface area contributed by atoms with Crippen LogP contribution in [0.3, 0.4) is 0 Å². The number of carbonyl (C=O) groups is 1. The molecule has 1 fully saturated rings. The first-order valence-corrected chi connectivity index (χ1v) is 9.12. The van der Waals surface area contributed by atoms with E-state index < -0.39 is 9.84 Å². The molecule has 0 N–H and O–H groups in total. The summed E-state index contributed by atoms with van der Waals surface area (Å²) in [6, 6.07) is 0. The molecule has 0 aliphatic heterocycles. The third-order valence-corrected chi connectivity index (χ3v) is 5.60. The van der Waals surface area contributed by atoms with Crippen LogP contribution >= 0.6 is 0 Å². The Labute approximate surface area is 111 Å². The third kappa shape index (κ3) is 5.09. The van der Waals surface area contributed by atoms with Crippen LogP contribution in [0.1, 0.15) is 64.7 Å². The van der Waals surface area contributed by atoms with E-state index in [4.69, 9.17) is 0 Å². The van der Waals surface area contributed by atoms with Crippen LogP contribution in [0.5, 0.6) is 0 Å². The molecular weight excluding hydrogens is 248 g/mol. The van der Waals surface area contributed by atoms with Gasteiger partial charge in [-0.05, 0) is 25.7 Å². The van der Waals surface area contributed by atoms with Crippen molar-refractivity contribution in [1.82, 2.24) is 0 Å². The van der Waals surface area contributed by atoms with Crippen LogP contribution < -0.4 is 0 Å². The second-order valence-corrected chi connectivity index (χ2v) is 7.92. The fourth-order valence-corrected chi connectivity index (χ4v) is 3.93. The second-order valence-electron chi connectivity index (χ2n) is 5.59. The smallest absolute Gasteiger partial charge is 0.150 e. The van der Waals surface area contributed by atoms with Gasteiger partial charge in [-0.15, -0.1) is 0 Å². The van der Waals surface area contributed by atoms with E-state index in [0.717, 1.165) is 32.1 Å². The first-order chi connectivity index (χ1) is 8.45. The lowest BCUT2D eigenvalue weighted by molar-refractivity contribution is -0.123. The number of hydrogen-bond donors (Lipinski definition) is 0. The highest BCUT2D eigenvalue weighted by molar-refractivity contribution is 7.91. The van der Waals surface area contributed by atoms with Crippen molar-refractivity contribution in [2.45, 2.75) is 70.0 Å². The predicted octanol–water partition coefficient (Wildman–Crippen LogP) is 3.13. The molecule has 0 aromatic rings. The van der Waals surface area contributed by atoms with Gasteiger partial charge in [0, 0.05) is 18.6 Å². The Hall–Kier alpha value is -0.380. The van der Waals surface area contributed by atoms with Crippen molar-refractivity contribution < 1.29 is 13.2 Å². The van der Waals surface area contributed by atoms with Gasteiger partial charge in [0.25, 0.3) is 0 Å². The zero-order chi connectivity index (χ0) is 13.6. The van der Waals surface area contributed by atoms with E-state index >= 15 is 0 Å². The molecule has 1 aliphatic rings. The van der Waals surface area contributed by atoms with Gasteiger partial charge in [-0.25, -0.2) is 8.42 Å². The molecule has 1 aliphatic carbocycles. The summed E-state index contributed by atoms with van der Waals surface area (Å²) < 4.78 is 23.1. The molecule has 0 saturated heterocycles. The van der Waals surface area contributed by atoms with Crippen molar-refractivity contribution in [2.24, 2.45) is 5.92 Å². The maximum atomic E-state index is 12.0. The molecule has 1 rings (SSSR count). The number of rotatable bonds is 7. The lowest BCUT2D eigenvalue weighted by atomic mass is 9.84. The van der Waals surface area contributed by atoms with Crippen LogP contribution in [0.15, 0.2) is 0 Å². The fraction of sp³-hybridized carbons (Fsp3) is 0.929. The van der Waals surface area contributed by atoms with E-state index in [9.17, 15) is 13.2 Å². The zero-order valence-electron chi connectivity index (χ0n) is 11.7. The zero-order valence-corrected chi connectivity index (χ0v) is 12.5. The van der Waals surface area contributed by atoms with Crippen molar-refractivity contribution >= 4 is 15.6 Å². The highest BCUT2D eigenvalue weighted by Gasteiger charge is 2.31. The lowest BCUT2D eigenvalue weighted by Gasteiger charge is -2.27. The average molecular weight is 274 g/mol. The number of hydrogen-bond acceptors (Lipinski definition) is 3. The first-order valence-electron chi connectivity index (χ1n) is 7.16. The van der Waals surface area contributed by atoms with E-state index in [0.29, 0.717) is 18.6 Å². The van der Waals surface area contributed by atoms with E-state index in [1.807, 2.05) is 0 Å². The van der Waals surface area contributed by atoms with Gasteiger partial charge >= 0.3 is 0 Å². The van der Waals surface area contributed by atoms with Crippen LogP contribution in [0.25, 0.3) is 0 Å². The van der Waals surface area contributed by atoms with Gasteiger partial charge in [0.2, 0.25) is 0 Å². The van der Waals surface area contributed by atoms with Gasteiger partial charge in [-0.2, -0.15) is 0 Å². The lowest BCUT2D eigenvalue weighted by Crippen LogP contribution is -2.31. The third-order valence-electron chi connectivity index (χ3n) is 3.96. The minimum atomic E-state index is -2.97. The van der Waals surface area contributed by atoms with Gasteiger partial charge in [0.05, 0.1) is 5.25 Å². The highest BCUT2D eigenvalue weighted by Crippen LogP contribution is 2.30. The van der Waals surface area contributed by atoms with Crippen LogP contribution in [-0.2, 0) is 14.6 Å². The number of carbonyl (C=O) groups excluding carboxylic acids is 1. The van der Waals surface area contributed by atoms with Crippen molar-refractivity contribution in [2.75, 3.05) is 6.26 Å². The fourth-order valence-electron chi connectivity index (χ4n) is 2.76. The molecule has 1 saturated carbocycles. The second kappa shape index (κ2) is 7.27. The van der Waals surface area contributed by atoms with Crippen LogP contribution in [0, 0.1) is 5.92 Å². The Morgan fingerprint density at radius 1 is 1.17 bits per heavy atom. The van der Waals surface area contributed by atoms with Gasteiger partial charge < -0.3 is 0 Å². The number of Topliss-reactive ketones (excluding diaryl/α,β-unsaturated/α-hetero) is 1. The van der Waals surface area contributed by atoms with Crippen molar-refractivity contribution in [3.63, 3.8) is 0 Å². The summed E-state index contributed by atoms with van der Waals surface area (Å²) in [5, 5.41) is -0.282. The summed E-state index contributed by atoms with van der Waals surface area (Å²) in [6.07, 6.45) is 9.44. The number of sulfone groups is 1. The number of ketones is 1. The van der Waals surface area contributed by atoms with Crippen molar-refractivity contribution in [1.29, 1.82) is 0 Å². The molecular formula is C14H26O3S. The topological polar surface area (TPSA) is 51.2 Å². The molecule has 106 valence electrons. The normalized spacial score (nSPS) is 25.0. The molecule has 0 radical (unpaired) electrons. The summed E-state index contributed by atoms with van der Waals surface area (Å²) >= 11 is 0. The summed E-state index contributed by atoms with van der Waals surface area (Å²) in [6.45, 7) is 2.15. The predicted molar refractivity (Wildman–Crippen MR) is 74.4 cm³/mol. The van der Waals surface area contributed by atoms with Gasteiger partial charge in [0.15, 0.2) is 0 Å². The summed E-state index contributed by atoms with van der Waals surface area (Å²) in [5.74, 6) is 0.291. The van der Waals surface area contributed by atoms with E-state index in [-0.39, 0.29) is 11.2 Å². The molecule has 2 unspecified atom stereocenters. The Kier molecular flexibility index (Phi) is 6.33. The highest BCUT2D eigenvalue weighted by atomic mass is 32.2. The maximum Gasteiger partial charge on any atom is 0.150 e.